The molecule has 0 aliphatic heterocycles. The predicted molar refractivity (Wildman–Crippen MR) is 78.2 cm³/mol. The Kier molecular flexibility index (Phi) is 4.25. The smallest absolute Gasteiger partial charge is 0.367 e. The molecule has 0 spiro atoms. The molecule has 11 heteroatoms. The fourth-order valence-corrected chi connectivity index (χ4v) is 4.76. The van der Waals surface area contributed by atoms with Crippen LogP contribution in [0.15, 0.2) is 24.5 Å². The maximum Gasteiger partial charge on any atom is 0.367 e. The van der Waals surface area contributed by atoms with Crippen molar-refractivity contribution >= 4 is 20.6 Å². The van der Waals surface area contributed by atoms with Crippen LogP contribution < -0.4 is 4.74 Å². The van der Waals surface area contributed by atoms with Gasteiger partial charge in [-0.05, 0) is 6.07 Å². The molecule has 0 bridgehead atoms. The molecule has 2 aromatic rings. The van der Waals surface area contributed by atoms with Crippen molar-refractivity contribution in [2.75, 3.05) is 13.8 Å². The molecule has 122 valence electrons. The fourth-order valence-electron chi connectivity index (χ4n) is 2.01. The molecular weight excluding hydrogens is 334 g/mol. The average molecular weight is 350 g/mol. The van der Waals surface area contributed by atoms with Gasteiger partial charge in [0.25, 0.3) is 0 Å². The van der Waals surface area contributed by atoms with Crippen LogP contribution in [-0.4, -0.2) is 48.0 Å². The lowest BCUT2D eigenvalue weighted by molar-refractivity contribution is 0.148. The summed E-state index contributed by atoms with van der Waals surface area (Å²) in [6.07, 6.45) is 2.06. The molecule has 4 N–H and O–H groups in total. The van der Waals surface area contributed by atoms with Crippen molar-refractivity contribution < 1.29 is 33.7 Å². The van der Waals surface area contributed by atoms with Crippen molar-refractivity contribution in [2.24, 2.45) is 0 Å². The number of ether oxygens (including phenoxy) is 1. The van der Waals surface area contributed by atoms with Gasteiger partial charge >= 0.3 is 7.60 Å². The summed E-state index contributed by atoms with van der Waals surface area (Å²) in [5, 5.41) is 7.10. The second-order valence-electron chi connectivity index (χ2n) is 4.92. The number of rotatable bonds is 5. The number of hydrogen-bond acceptors (Lipinski definition) is 5. The molecule has 2 unspecified atom stereocenters. The highest BCUT2D eigenvalue weighted by Gasteiger charge is 2.57. The van der Waals surface area contributed by atoms with Gasteiger partial charge in [0.1, 0.15) is 11.4 Å². The van der Waals surface area contributed by atoms with E-state index in [4.69, 9.17) is 4.74 Å². The molecule has 0 aliphatic carbocycles. The summed E-state index contributed by atoms with van der Waals surface area (Å²) in [5.74, 6) is 0.526. The highest BCUT2D eigenvalue weighted by Crippen LogP contribution is 2.68. The zero-order valence-electron chi connectivity index (χ0n) is 11.8. The third-order valence-corrected chi connectivity index (χ3v) is 7.82. The summed E-state index contributed by atoms with van der Waals surface area (Å²) in [4.78, 5) is 32.2. The molecular formula is C11H16N2O7P2. The summed E-state index contributed by atoms with van der Waals surface area (Å²) < 4.78 is 29.8. The van der Waals surface area contributed by atoms with E-state index in [1.807, 2.05) is 0 Å². The van der Waals surface area contributed by atoms with Crippen LogP contribution in [0.5, 0.6) is 5.75 Å². The lowest BCUT2D eigenvalue weighted by Gasteiger charge is -2.30. The van der Waals surface area contributed by atoms with Gasteiger partial charge in [-0.15, -0.1) is 0 Å². The van der Waals surface area contributed by atoms with E-state index in [9.17, 15) is 28.9 Å². The molecule has 0 aliphatic rings. The summed E-state index contributed by atoms with van der Waals surface area (Å²) >= 11 is 0. The van der Waals surface area contributed by atoms with Crippen molar-refractivity contribution in [3.8, 4) is 5.75 Å². The fraction of sp³-hybridized carbons (Fsp3) is 0.364. The van der Waals surface area contributed by atoms with E-state index in [1.165, 1.54) is 23.9 Å². The third-order valence-electron chi connectivity index (χ3n) is 3.35. The first-order valence-electron chi connectivity index (χ1n) is 6.08. The van der Waals surface area contributed by atoms with Crippen LogP contribution in [0.1, 0.15) is 5.69 Å². The van der Waals surface area contributed by atoms with E-state index < -0.39 is 26.5 Å². The van der Waals surface area contributed by atoms with Gasteiger partial charge in [0.2, 0.25) is 12.5 Å². The molecule has 0 saturated heterocycles. The Morgan fingerprint density at radius 3 is 2.50 bits per heavy atom. The van der Waals surface area contributed by atoms with Crippen LogP contribution in [0.4, 0.5) is 0 Å². The SMILES string of the molecule is COc1ccn2c(CC(O)(P(C)(=O)O)P(=O)(O)O)cnc2c1. The highest BCUT2D eigenvalue weighted by atomic mass is 31.2. The summed E-state index contributed by atoms with van der Waals surface area (Å²) in [6.45, 7) is 0.707. The van der Waals surface area contributed by atoms with E-state index in [0.29, 0.717) is 18.1 Å². The van der Waals surface area contributed by atoms with Crippen molar-refractivity contribution in [2.45, 2.75) is 11.5 Å². The van der Waals surface area contributed by atoms with Crippen molar-refractivity contribution in [1.82, 2.24) is 9.38 Å². The van der Waals surface area contributed by atoms with Gasteiger partial charge in [0.15, 0.2) is 0 Å². The molecule has 22 heavy (non-hydrogen) atoms. The van der Waals surface area contributed by atoms with E-state index >= 15 is 0 Å². The zero-order valence-corrected chi connectivity index (χ0v) is 13.6. The molecule has 0 amide bonds. The van der Waals surface area contributed by atoms with Gasteiger partial charge in [-0.3, -0.25) is 9.13 Å². The molecule has 0 saturated carbocycles. The van der Waals surface area contributed by atoms with Crippen LogP contribution in [0.2, 0.25) is 0 Å². The van der Waals surface area contributed by atoms with Gasteiger partial charge in [-0.1, -0.05) is 0 Å². The summed E-state index contributed by atoms with van der Waals surface area (Å²) in [6, 6.07) is 3.16. The van der Waals surface area contributed by atoms with Gasteiger partial charge in [-0.25, -0.2) is 4.98 Å². The van der Waals surface area contributed by atoms with Crippen molar-refractivity contribution in [3.63, 3.8) is 0 Å². The topological polar surface area (TPSA) is 142 Å². The number of fused-ring (bicyclic) bond motifs is 1. The Morgan fingerprint density at radius 2 is 2.00 bits per heavy atom. The number of pyridine rings is 1. The Balaban J connectivity index is 2.53. The van der Waals surface area contributed by atoms with Crippen LogP contribution in [-0.2, 0) is 15.6 Å². The number of nitrogens with zero attached hydrogens (tertiary/aromatic N) is 2. The van der Waals surface area contributed by atoms with Gasteiger partial charge < -0.3 is 28.9 Å². The minimum Gasteiger partial charge on any atom is -0.497 e. The highest BCUT2D eigenvalue weighted by molar-refractivity contribution is 7.74. The largest absolute Gasteiger partial charge is 0.497 e. The predicted octanol–water partition coefficient (Wildman–Crippen LogP) is 0.609. The first kappa shape index (κ1) is 17.1. The minimum absolute atomic E-state index is 0.180. The van der Waals surface area contributed by atoms with E-state index in [2.05, 4.69) is 4.98 Å². The summed E-state index contributed by atoms with van der Waals surface area (Å²) in [5.41, 5.74) is 0.589. The van der Waals surface area contributed by atoms with E-state index in [0.717, 1.165) is 0 Å². The summed E-state index contributed by atoms with van der Waals surface area (Å²) in [7, 11) is -8.31. The Hall–Kier alpha value is -1.21. The second-order valence-corrected chi connectivity index (χ2v) is 9.60. The van der Waals surface area contributed by atoms with E-state index in [1.54, 1.807) is 12.1 Å². The number of aliphatic hydroxyl groups is 1. The molecule has 0 radical (unpaired) electrons. The molecule has 2 atom stereocenters. The molecule has 9 nitrogen and oxygen atoms in total. The van der Waals surface area contributed by atoms with Gasteiger partial charge in [0, 0.05) is 37.2 Å². The van der Waals surface area contributed by atoms with E-state index in [-0.39, 0.29) is 5.69 Å². The first-order valence-corrected chi connectivity index (χ1v) is 9.80. The molecule has 2 aromatic heterocycles. The monoisotopic (exact) mass is 350 g/mol. The molecule has 0 aromatic carbocycles. The Bertz CT molecular complexity index is 769. The van der Waals surface area contributed by atoms with Gasteiger partial charge in [0.05, 0.1) is 7.11 Å². The lowest BCUT2D eigenvalue weighted by Crippen LogP contribution is -2.31. The van der Waals surface area contributed by atoms with Crippen LogP contribution in [0, 0.1) is 0 Å². The third kappa shape index (κ3) is 2.84. The standard InChI is InChI=1S/C11H16N2O7P2/c1-20-9-3-4-13-8(7-12-10(13)5-9)6-11(14,21(2,15)16)22(17,18)19/h3-5,7,14H,6H2,1-2H3,(H,15,16)(H2,17,18,19). The minimum atomic E-state index is -5.27. The maximum absolute atomic E-state index is 11.8. The number of imidazole rings is 1. The second kappa shape index (κ2) is 5.45. The Morgan fingerprint density at radius 1 is 1.36 bits per heavy atom. The molecule has 0 fully saturated rings. The Labute approximate surface area is 125 Å². The zero-order chi connectivity index (χ0) is 16.8. The first-order chi connectivity index (χ1) is 9.99. The number of hydrogen-bond donors (Lipinski definition) is 4. The van der Waals surface area contributed by atoms with Crippen molar-refractivity contribution in [1.29, 1.82) is 0 Å². The molecule has 2 rings (SSSR count). The quantitative estimate of drug-likeness (QED) is 0.575. The van der Waals surface area contributed by atoms with Crippen LogP contribution in [0.25, 0.3) is 5.65 Å². The van der Waals surface area contributed by atoms with Gasteiger partial charge in [-0.2, -0.15) is 0 Å². The lowest BCUT2D eigenvalue weighted by atomic mass is 10.3. The van der Waals surface area contributed by atoms with Crippen molar-refractivity contribution in [3.05, 3.63) is 30.2 Å². The normalized spacial score (nSPS) is 17.9. The van der Waals surface area contributed by atoms with Crippen LogP contribution >= 0.6 is 15.0 Å². The number of aromatic nitrogens is 2. The average Bonchev–Trinajstić information content (AvgIpc) is 2.78. The number of methoxy groups -OCH3 is 1. The molecule has 2 heterocycles. The van der Waals surface area contributed by atoms with Crippen LogP contribution in [0.3, 0.4) is 0 Å². The maximum atomic E-state index is 11.8.